The highest BCUT2D eigenvalue weighted by Crippen LogP contribution is 2.32. The van der Waals surface area contributed by atoms with Crippen LogP contribution in [0.15, 0.2) is 63.5 Å². The lowest BCUT2D eigenvalue weighted by atomic mass is 9.96. The fraction of sp³-hybridized carbons (Fsp3) is 0.321. The van der Waals surface area contributed by atoms with Crippen molar-refractivity contribution in [2.75, 3.05) is 13.2 Å². The quantitative estimate of drug-likeness (QED) is 0.389. The Kier molecular flexibility index (Phi) is 8.19. The molecule has 7 nitrogen and oxygen atoms in total. The van der Waals surface area contributed by atoms with Crippen molar-refractivity contribution in [3.63, 3.8) is 0 Å². The summed E-state index contributed by atoms with van der Waals surface area (Å²) in [6, 6.07) is 12.0. The van der Waals surface area contributed by atoms with E-state index in [1.807, 2.05) is 38.1 Å². The molecule has 37 heavy (non-hydrogen) atoms. The van der Waals surface area contributed by atoms with Crippen molar-refractivity contribution < 1.29 is 19.0 Å². The van der Waals surface area contributed by atoms with Gasteiger partial charge in [-0.25, -0.2) is 9.79 Å². The van der Waals surface area contributed by atoms with E-state index in [-0.39, 0.29) is 11.7 Å². The van der Waals surface area contributed by atoms with Crippen molar-refractivity contribution in [3.05, 3.63) is 89.6 Å². The summed E-state index contributed by atoms with van der Waals surface area (Å²) in [5.41, 5.74) is 2.00. The average Bonchev–Trinajstić information content (AvgIpc) is 3.14. The number of halogens is 1. The third-order valence-corrected chi connectivity index (χ3v) is 6.87. The van der Waals surface area contributed by atoms with Crippen LogP contribution in [0.4, 0.5) is 0 Å². The van der Waals surface area contributed by atoms with Crippen molar-refractivity contribution in [2.45, 2.75) is 46.8 Å². The van der Waals surface area contributed by atoms with Crippen molar-refractivity contribution in [1.29, 1.82) is 0 Å². The predicted molar refractivity (Wildman–Crippen MR) is 145 cm³/mol. The van der Waals surface area contributed by atoms with Crippen LogP contribution in [0, 0.1) is 0 Å². The second-order valence-electron chi connectivity index (χ2n) is 8.65. The minimum Gasteiger partial charge on any atom is -0.494 e. The summed E-state index contributed by atoms with van der Waals surface area (Å²) in [5.74, 6) is 0.825. The number of esters is 1. The highest BCUT2D eigenvalue weighted by atomic mass is 35.5. The van der Waals surface area contributed by atoms with Gasteiger partial charge in [-0.15, -0.1) is 0 Å². The number of aromatic nitrogens is 1. The molecule has 0 amide bonds. The van der Waals surface area contributed by atoms with Crippen LogP contribution in [0.1, 0.15) is 51.8 Å². The monoisotopic (exact) mass is 540 g/mol. The van der Waals surface area contributed by atoms with Crippen molar-refractivity contribution in [2.24, 2.45) is 4.99 Å². The molecule has 0 saturated carbocycles. The topological polar surface area (TPSA) is 79.1 Å². The Bertz CT molecular complexity index is 1520. The number of hydrogen-bond donors (Lipinski definition) is 0. The summed E-state index contributed by atoms with van der Waals surface area (Å²) in [5, 5.41) is 0.532. The third kappa shape index (κ3) is 5.65. The van der Waals surface area contributed by atoms with E-state index in [1.165, 1.54) is 11.3 Å². The van der Waals surface area contributed by atoms with Gasteiger partial charge in [0.25, 0.3) is 5.56 Å². The van der Waals surface area contributed by atoms with Gasteiger partial charge in [-0.3, -0.25) is 9.36 Å². The number of allylic oxidation sites excluding steroid dienone is 1. The molecule has 0 spiro atoms. The zero-order valence-corrected chi connectivity index (χ0v) is 23.0. The van der Waals surface area contributed by atoms with Gasteiger partial charge < -0.3 is 14.2 Å². The van der Waals surface area contributed by atoms with Crippen LogP contribution in [-0.4, -0.2) is 29.9 Å². The van der Waals surface area contributed by atoms with Crippen LogP contribution in [-0.2, 0) is 9.53 Å². The Labute approximate surface area is 224 Å². The number of carbonyl (C=O) groups excluding carboxylic acids is 1. The second-order valence-corrected chi connectivity index (χ2v) is 10.1. The third-order valence-electron chi connectivity index (χ3n) is 5.65. The summed E-state index contributed by atoms with van der Waals surface area (Å²) in [6.45, 7) is 10.2. The zero-order valence-electron chi connectivity index (χ0n) is 21.4. The average molecular weight is 541 g/mol. The summed E-state index contributed by atoms with van der Waals surface area (Å²) >= 11 is 7.48. The molecule has 4 rings (SSSR count). The van der Waals surface area contributed by atoms with Gasteiger partial charge in [0.15, 0.2) is 4.80 Å². The predicted octanol–water partition coefficient (Wildman–Crippen LogP) is 4.64. The Balaban J connectivity index is 1.92. The first kappa shape index (κ1) is 26.7. The molecule has 1 aromatic heterocycles. The molecule has 0 unspecified atom stereocenters. The number of carbonyl (C=O) groups is 1. The normalized spacial score (nSPS) is 15.4. The standard InChI is InChI=1S/C28H29ClN2O5S/c1-6-34-21-11-8-18(9-12-21)25-24(27(33)36-16(3)4)17(5)30-28-31(25)26(32)23(37-28)15-19-14-20(29)10-13-22(19)35-7-2/h8-16,25H,6-7H2,1-5H3/b23-15+/t25-/m1/s1. The first-order chi connectivity index (χ1) is 17.7. The summed E-state index contributed by atoms with van der Waals surface area (Å²) in [4.78, 5) is 32.2. The molecule has 2 aromatic carbocycles. The highest BCUT2D eigenvalue weighted by molar-refractivity contribution is 7.07. The molecule has 1 aliphatic heterocycles. The van der Waals surface area contributed by atoms with E-state index in [4.69, 9.17) is 25.8 Å². The second kappa shape index (κ2) is 11.4. The lowest BCUT2D eigenvalue weighted by Gasteiger charge is -2.25. The van der Waals surface area contributed by atoms with Crippen LogP contribution in [0.25, 0.3) is 6.08 Å². The van der Waals surface area contributed by atoms with Crippen LogP contribution < -0.4 is 24.4 Å². The van der Waals surface area contributed by atoms with Crippen LogP contribution in [0.5, 0.6) is 11.5 Å². The number of nitrogens with zero attached hydrogens (tertiary/aromatic N) is 2. The van der Waals surface area contributed by atoms with Gasteiger partial charge in [0, 0.05) is 10.6 Å². The molecule has 0 N–H and O–H groups in total. The van der Waals surface area contributed by atoms with Crippen LogP contribution >= 0.6 is 22.9 Å². The molecular formula is C28H29ClN2O5S. The number of ether oxygens (including phenoxy) is 3. The Morgan fingerprint density at radius 1 is 1.14 bits per heavy atom. The first-order valence-corrected chi connectivity index (χ1v) is 13.3. The van der Waals surface area contributed by atoms with Gasteiger partial charge in [0.2, 0.25) is 0 Å². The number of benzene rings is 2. The lowest BCUT2D eigenvalue weighted by Crippen LogP contribution is -2.40. The molecular weight excluding hydrogens is 512 g/mol. The lowest BCUT2D eigenvalue weighted by molar-refractivity contribution is -0.143. The first-order valence-electron chi connectivity index (χ1n) is 12.1. The highest BCUT2D eigenvalue weighted by Gasteiger charge is 2.33. The smallest absolute Gasteiger partial charge is 0.338 e. The molecule has 9 heteroatoms. The number of hydrogen-bond acceptors (Lipinski definition) is 7. The molecule has 3 aromatic rings. The minimum atomic E-state index is -0.703. The largest absolute Gasteiger partial charge is 0.494 e. The molecule has 194 valence electrons. The van der Waals surface area contributed by atoms with Crippen LogP contribution in [0.2, 0.25) is 5.02 Å². The molecule has 1 atom stereocenters. The van der Waals surface area contributed by atoms with Gasteiger partial charge in [-0.1, -0.05) is 35.1 Å². The van der Waals surface area contributed by atoms with E-state index < -0.39 is 12.0 Å². The van der Waals surface area contributed by atoms with Crippen molar-refractivity contribution >= 4 is 35.0 Å². The SMILES string of the molecule is CCOc1ccc([C@@H]2C(C(=O)OC(C)C)=C(C)N=c3s/c(=C/c4cc(Cl)ccc4OCC)c(=O)n32)cc1. The van der Waals surface area contributed by atoms with Gasteiger partial charge in [0.05, 0.1) is 41.2 Å². The maximum Gasteiger partial charge on any atom is 0.338 e. The maximum absolute atomic E-state index is 13.8. The molecule has 0 aliphatic carbocycles. The minimum absolute atomic E-state index is 0.271. The fourth-order valence-electron chi connectivity index (χ4n) is 4.15. The van der Waals surface area contributed by atoms with Crippen LogP contribution in [0.3, 0.4) is 0 Å². The van der Waals surface area contributed by atoms with Gasteiger partial charge in [-0.05, 0) is 76.6 Å². The van der Waals surface area contributed by atoms with E-state index in [0.29, 0.717) is 55.9 Å². The molecule has 0 radical (unpaired) electrons. The van der Waals surface area contributed by atoms with Crippen molar-refractivity contribution in [1.82, 2.24) is 4.57 Å². The van der Waals surface area contributed by atoms with E-state index in [9.17, 15) is 9.59 Å². The van der Waals surface area contributed by atoms with Gasteiger partial charge >= 0.3 is 5.97 Å². The van der Waals surface area contributed by atoms with Gasteiger partial charge in [-0.2, -0.15) is 0 Å². The fourth-order valence-corrected chi connectivity index (χ4v) is 5.37. The summed E-state index contributed by atoms with van der Waals surface area (Å²) in [7, 11) is 0. The van der Waals surface area contributed by atoms with Crippen molar-refractivity contribution in [3.8, 4) is 11.5 Å². The number of thiazole rings is 1. The Morgan fingerprint density at radius 3 is 2.49 bits per heavy atom. The zero-order chi connectivity index (χ0) is 26.7. The summed E-state index contributed by atoms with van der Waals surface area (Å²) < 4.78 is 18.9. The van der Waals surface area contributed by atoms with E-state index in [1.54, 1.807) is 49.6 Å². The van der Waals surface area contributed by atoms with Gasteiger partial charge in [0.1, 0.15) is 11.5 Å². The molecule has 0 fully saturated rings. The number of rotatable bonds is 8. The molecule has 0 bridgehead atoms. The van der Waals surface area contributed by atoms with E-state index in [2.05, 4.69) is 4.99 Å². The van der Waals surface area contributed by atoms with E-state index >= 15 is 0 Å². The molecule has 0 saturated heterocycles. The number of fused-ring (bicyclic) bond motifs is 1. The maximum atomic E-state index is 13.8. The molecule has 1 aliphatic rings. The van der Waals surface area contributed by atoms with E-state index in [0.717, 1.165) is 5.56 Å². The Hall–Kier alpha value is -3.36. The summed E-state index contributed by atoms with van der Waals surface area (Å²) in [6.07, 6.45) is 1.43. The Morgan fingerprint density at radius 2 is 1.84 bits per heavy atom. The molecule has 2 heterocycles.